The van der Waals surface area contributed by atoms with Crippen molar-refractivity contribution >= 4 is 23.4 Å². The predicted octanol–water partition coefficient (Wildman–Crippen LogP) is 3.23. The van der Waals surface area contributed by atoms with Crippen LogP contribution in [0.1, 0.15) is 11.1 Å². The average Bonchev–Trinajstić information content (AvgIpc) is 2.41. The summed E-state index contributed by atoms with van der Waals surface area (Å²) in [7, 11) is 0. The fraction of sp³-hybridized carbons (Fsp3) is 0.0625. The largest absolute Gasteiger partial charge is 0.399 e. The number of benzene rings is 2. The number of nitrogens with one attached hydrogen (secondary N) is 1. The van der Waals surface area contributed by atoms with Gasteiger partial charge in [-0.15, -0.1) is 0 Å². The molecule has 2 rings (SSSR count). The lowest BCUT2D eigenvalue weighted by Crippen LogP contribution is -2.08. The molecule has 0 unspecified atom stereocenters. The van der Waals surface area contributed by atoms with Gasteiger partial charge < -0.3 is 11.1 Å². The van der Waals surface area contributed by atoms with Crippen molar-refractivity contribution in [3.63, 3.8) is 0 Å². The molecule has 2 aromatic rings. The van der Waals surface area contributed by atoms with Crippen LogP contribution in [0.2, 0.25) is 0 Å². The second-order valence-electron chi connectivity index (χ2n) is 4.30. The van der Waals surface area contributed by atoms with E-state index in [9.17, 15) is 4.79 Å². The van der Waals surface area contributed by atoms with E-state index in [1.165, 1.54) is 6.08 Å². The molecule has 0 aliphatic heterocycles. The zero-order chi connectivity index (χ0) is 13.7. The Labute approximate surface area is 112 Å². The molecule has 0 saturated carbocycles. The molecule has 2 aromatic carbocycles. The van der Waals surface area contributed by atoms with Gasteiger partial charge in [0.15, 0.2) is 0 Å². The summed E-state index contributed by atoms with van der Waals surface area (Å²) in [6, 6.07) is 15.0. The molecule has 0 fully saturated rings. The third-order valence-electron chi connectivity index (χ3n) is 2.77. The number of hydrogen-bond acceptors (Lipinski definition) is 2. The topological polar surface area (TPSA) is 55.1 Å². The maximum atomic E-state index is 11.8. The Kier molecular flexibility index (Phi) is 3.98. The van der Waals surface area contributed by atoms with E-state index < -0.39 is 0 Å². The molecule has 0 aliphatic carbocycles. The van der Waals surface area contributed by atoms with Gasteiger partial charge in [0, 0.05) is 17.5 Å². The van der Waals surface area contributed by atoms with Gasteiger partial charge in [-0.05, 0) is 42.3 Å². The van der Waals surface area contributed by atoms with E-state index in [4.69, 9.17) is 5.73 Å². The van der Waals surface area contributed by atoms with E-state index in [1.54, 1.807) is 18.2 Å². The molecule has 0 spiro atoms. The van der Waals surface area contributed by atoms with Crippen molar-refractivity contribution in [1.29, 1.82) is 0 Å². The van der Waals surface area contributed by atoms with Crippen molar-refractivity contribution in [3.8, 4) is 0 Å². The predicted molar refractivity (Wildman–Crippen MR) is 79.7 cm³/mol. The molecule has 0 aromatic heterocycles. The lowest BCUT2D eigenvalue weighted by atomic mass is 10.2. The maximum absolute atomic E-state index is 11.8. The van der Waals surface area contributed by atoms with Crippen LogP contribution in [-0.4, -0.2) is 5.91 Å². The summed E-state index contributed by atoms with van der Waals surface area (Å²) in [6.07, 6.45) is 3.27. The van der Waals surface area contributed by atoms with Gasteiger partial charge in [0.25, 0.3) is 0 Å². The highest BCUT2D eigenvalue weighted by Crippen LogP contribution is 2.13. The minimum absolute atomic E-state index is 0.147. The van der Waals surface area contributed by atoms with Crippen LogP contribution >= 0.6 is 0 Å². The van der Waals surface area contributed by atoms with E-state index in [1.807, 2.05) is 43.3 Å². The second kappa shape index (κ2) is 5.87. The monoisotopic (exact) mass is 252 g/mol. The lowest BCUT2D eigenvalue weighted by molar-refractivity contribution is -0.111. The van der Waals surface area contributed by atoms with E-state index in [2.05, 4.69) is 5.32 Å². The minimum Gasteiger partial charge on any atom is -0.399 e. The Morgan fingerprint density at radius 2 is 1.79 bits per heavy atom. The number of carbonyl (C=O) groups is 1. The summed E-state index contributed by atoms with van der Waals surface area (Å²) in [6.45, 7) is 1.96. The van der Waals surface area contributed by atoms with Crippen LogP contribution in [0.25, 0.3) is 6.08 Å². The molecular formula is C16H16N2O. The molecule has 0 saturated heterocycles. The van der Waals surface area contributed by atoms with Crippen molar-refractivity contribution in [3.05, 3.63) is 65.7 Å². The highest BCUT2D eigenvalue weighted by Gasteiger charge is 1.99. The van der Waals surface area contributed by atoms with Gasteiger partial charge in [0.05, 0.1) is 0 Å². The van der Waals surface area contributed by atoms with Crippen LogP contribution in [0.5, 0.6) is 0 Å². The van der Waals surface area contributed by atoms with E-state index in [-0.39, 0.29) is 5.91 Å². The van der Waals surface area contributed by atoms with E-state index >= 15 is 0 Å². The van der Waals surface area contributed by atoms with E-state index in [0.717, 1.165) is 16.8 Å². The Bertz CT molecular complexity index is 600. The van der Waals surface area contributed by atoms with Gasteiger partial charge in [-0.1, -0.05) is 30.3 Å². The Morgan fingerprint density at radius 1 is 1.11 bits per heavy atom. The molecule has 96 valence electrons. The Morgan fingerprint density at radius 3 is 2.47 bits per heavy atom. The first-order chi connectivity index (χ1) is 9.15. The summed E-state index contributed by atoms with van der Waals surface area (Å²) in [5, 5.41) is 2.84. The number of aryl methyl sites for hydroxylation is 1. The van der Waals surface area contributed by atoms with Crippen molar-refractivity contribution < 1.29 is 4.79 Å². The summed E-state index contributed by atoms with van der Waals surface area (Å²) < 4.78 is 0. The number of hydrogen-bond donors (Lipinski definition) is 2. The number of rotatable bonds is 3. The summed E-state index contributed by atoms with van der Waals surface area (Å²) in [4.78, 5) is 11.8. The highest BCUT2D eigenvalue weighted by atomic mass is 16.1. The van der Waals surface area contributed by atoms with Crippen LogP contribution in [-0.2, 0) is 4.79 Å². The van der Waals surface area contributed by atoms with Crippen LogP contribution in [0, 0.1) is 6.92 Å². The molecule has 3 nitrogen and oxygen atoms in total. The number of nitrogen functional groups attached to an aromatic ring is 1. The fourth-order valence-electron chi connectivity index (χ4n) is 1.67. The van der Waals surface area contributed by atoms with Crippen LogP contribution in [0.3, 0.4) is 0 Å². The van der Waals surface area contributed by atoms with Crippen molar-refractivity contribution in [1.82, 2.24) is 0 Å². The number of nitrogens with two attached hydrogens (primary N) is 1. The third-order valence-corrected chi connectivity index (χ3v) is 2.77. The highest BCUT2D eigenvalue weighted by molar-refractivity contribution is 6.02. The lowest BCUT2D eigenvalue weighted by Gasteiger charge is -2.05. The van der Waals surface area contributed by atoms with Gasteiger partial charge in [-0.2, -0.15) is 0 Å². The smallest absolute Gasteiger partial charge is 0.248 e. The van der Waals surface area contributed by atoms with Gasteiger partial charge in [0.2, 0.25) is 5.91 Å². The van der Waals surface area contributed by atoms with Gasteiger partial charge in [-0.3, -0.25) is 4.79 Å². The van der Waals surface area contributed by atoms with Crippen molar-refractivity contribution in [2.75, 3.05) is 11.1 Å². The fourth-order valence-corrected chi connectivity index (χ4v) is 1.67. The van der Waals surface area contributed by atoms with Crippen LogP contribution in [0.15, 0.2) is 54.6 Å². The molecule has 0 aliphatic rings. The zero-order valence-corrected chi connectivity index (χ0v) is 10.8. The zero-order valence-electron chi connectivity index (χ0n) is 10.8. The van der Waals surface area contributed by atoms with Crippen molar-refractivity contribution in [2.24, 2.45) is 0 Å². The molecule has 0 bridgehead atoms. The Balaban J connectivity index is 2.02. The minimum atomic E-state index is -0.147. The van der Waals surface area contributed by atoms with Gasteiger partial charge in [-0.25, -0.2) is 0 Å². The quantitative estimate of drug-likeness (QED) is 0.651. The van der Waals surface area contributed by atoms with Gasteiger partial charge in [0.1, 0.15) is 0 Å². The maximum Gasteiger partial charge on any atom is 0.248 e. The Hall–Kier alpha value is -2.55. The van der Waals surface area contributed by atoms with E-state index in [0.29, 0.717) is 5.69 Å². The first-order valence-corrected chi connectivity index (χ1v) is 6.05. The third kappa shape index (κ3) is 3.71. The molecule has 3 heteroatoms. The molecule has 0 heterocycles. The first kappa shape index (κ1) is 12.9. The molecule has 0 radical (unpaired) electrons. The first-order valence-electron chi connectivity index (χ1n) is 6.05. The molecule has 1 amide bonds. The number of amides is 1. The normalized spacial score (nSPS) is 10.6. The summed E-state index contributed by atoms with van der Waals surface area (Å²) in [5.41, 5.74) is 9.11. The molecule has 3 N–H and O–H groups in total. The molecule has 0 atom stereocenters. The van der Waals surface area contributed by atoms with Gasteiger partial charge >= 0.3 is 0 Å². The second-order valence-corrected chi connectivity index (χ2v) is 4.30. The standard InChI is InChI=1S/C16H16N2O/c1-12-4-2-3-5-15(12)18-16(19)11-8-13-6-9-14(17)10-7-13/h2-11H,17H2,1H3,(H,18,19)/b11-8+. The van der Waals surface area contributed by atoms with Crippen LogP contribution < -0.4 is 11.1 Å². The average molecular weight is 252 g/mol. The van der Waals surface area contributed by atoms with Crippen LogP contribution in [0.4, 0.5) is 11.4 Å². The molecule has 19 heavy (non-hydrogen) atoms. The molecular weight excluding hydrogens is 236 g/mol. The number of carbonyl (C=O) groups excluding carboxylic acids is 1. The summed E-state index contributed by atoms with van der Waals surface area (Å²) >= 11 is 0. The summed E-state index contributed by atoms with van der Waals surface area (Å²) in [5.74, 6) is -0.147. The SMILES string of the molecule is Cc1ccccc1NC(=O)/C=C/c1ccc(N)cc1. The number of anilines is 2. The van der Waals surface area contributed by atoms with Crippen molar-refractivity contribution in [2.45, 2.75) is 6.92 Å². The number of para-hydroxylation sites is 1.